The van der Waals surface area contributed by atoms with Crippen LogP contribution < -0.4 is 21.3 Å². The zero-order chi connectivity index (χ0) is 23.7. The van der Waals surface area contributed by atoms with Crippen molar-refractivity contribution in [3.05, 3.63) is 51.8 Å². The van der Waals surface area contributed by atoms with Gasteiger partial charge in [0.25, 0.3) is 5.56 Å². The van der Waals surface area contributed by atoms with Crippen molar-refractivity contribution in [2.45, 2.75) is 6.42 Å². The number of methoxy groups -OCH3 is 1. The van der Waals surface area contributed by atoms with Crippen LogP contribution in [0.15, 0.2) is 41.2 Å². The number of nitrogens with two attached hydrogens (primary N) is 1. The number of anilines is 2. The fourth-order valence-electron chi connectivity index (χ4n) is 4.32. The minimum absolute atomic E-state index is 0.221. The van der Waals surface area contributed by atoms with Gasteiger partial charge >= 0.3 is 0 Å². The third-order valence-electron chi connectivity index (χ3n) is 6.14. The van der Waals surface area contributed by atoms with Crippen LogP contribution in [0.2, 0.25) is 5.02 Å². The molecule has 3 heterocycles. The number of morpholine rings is 1. The van der Waals surface area contributed by atoms with Crippen molar-refractivity contribution in [1.29, 1.82) is 0 Å². The first kappa shape index (κ1) is 22.5. The van der Waals surface area contributed by atoms with Crippen molar-refractivity contribution in [1.82, 2.24) is 19.7 Å². The monoisotopic (exact) mass is 482 g/mol. The van der Waals surface area contributed by atoms with Gasteiger partial charge in [-0.05, 0) is 43.3 Å². The molecule has 0 spiro atoms. The van der Waals surface area contributed by atoms with E-state index in [0.29, 0.717) is 32.9 Å². The summed E-state index contributed by atoms with van der Waals surface area (Å²) < 4.78 is 12.2. The Morgan fingerprint density at radius 1 is 1.24 bits per heavy atom. The second kappa shape index (κ2) is 9.54. The highest BCUT2D eigenvalue weighted by atomic mass is 35.5. The number of nitrogens with zero attached hydrogens (tertiary/aromatic N) is 3. The van der Waals surface area contributed by atoms with Crippen LogP contribution >= 0.6 is 11.6 Å². The van der Waals surface area contributed by atoms with Crippen molar-refractivity contribution >= 4 is 44.9 Å². The average molecular weight is 483 g/mol. The van der Waals surface area contributed by atoms with Crippen LogP contribution in [0, 0.1) is 0 Å². The van der Waals surface area contributed by atoms with E-state index < -0.39 is 0 Å². The summed E-state index contributed by atoms with van der Waals surface area (Å²) in [4.78, 5) is 18.3. The molecule has 178 valence electrons. The Morgan fingerprint density at radius 2 is 2.06 bits per heavy atom. The number of halogens is 1. The molecule has 0 saturated carbocycles. The topological polar surface area (TPSA) is 110 Å². The lowest BCUT2D eigenvalue weighted by atomic mass is 10.1. The molecule has 2 aromatic carbocycles. The van der Waals surface area contributed by atoms with Crippen LogP contribution in [0.1, 0.15) is 6.42 Å². The highest BCUT2D eigenvalue weighted by Crippen LogP contribution is 2.32. The lowest BCUT2D eigenvalue weighted by Gasteiger charge is -2.26. The molecule has 9 nitrogen and oxygen atoms in total. The highest BCUT2D eigenvalue weighted by molar-refractivity contribution is 6.32. The lowest BCUT2D eigenvalue weighted by Crippen LogP contribution is -2.37. The maximum Gasteiger partial charge on any atom is 0.261 e. The van der Waals surface area contributed by atoms with Gasteiger partial charge < -0.3 is 25.5 Å². The summed E-state index contributed by atoms with van der Waals surface area (Å²) in [6, 6.07) is 11.1. The molecule has 1 saturated heterocycles. The number of aromatic nitrogens is 3. The number of H-pyrrole nitrogens is 1. The number of hydrogen-bond donors (Lipinski definition) is 3. The van der Waals surface area contributed by atoms with Gasteiger partial charge in [0.2, 0.25) is 0 Å². The molecule has 2 aromatic heterocycles. The maximum atomic E-state index is 12.9. The molecule has 0 radical (unpaired) electrons. The van der Waals surface area contributed by atoms with E-state index in [1.54, 1.807) is 25.3 Å². The summed E-state index contributed by atoms with van der Waals surface area (Å²) in [7, 11) is 1.57. The van der Waals surface area contributed by atoms with Gasteiger partial charge in [0.05, 0.1) is 36.6 Å². The standard InChI is InChI=1S/C24H27ClN6O3/c1-33-16-4-6-18(25)20(14-16)31-23(26)21-22(29-31)17-5-3-15(13-19(17)28-24(21)32)27-7-2-8-30-9-11-34-12-10-30/h3-6,13-14,27H,2,7-12,26H2,1H3,(H,28,32). The Balaban J connectivity index is 1.43. The fraction of sp³-hybridized carbons (Fsp3) is 0.333. The van der Waals surface area contributed by atoms with E-state index in [1.807, 2.05) is 18.2 Å². The van der Waals surface area contributed by atoms with Crippen molar-refractivity contribution < 1.29 is 9.47 Å². The predicted octanol–water partition coefficient (Wildman–Crippen LogP) is 3.25. The Kier molecular flexibility index (Phi) is 6.32. The maximum absolute atomic E-state index is 12.9. The van der Waals surface area contributed by atoms with Crippen molar-refractivity contribution in [2.24, 2.45) is 0 Å². The van der Waals surface area contributed by atoms with Gasteiger partial charge in [-0.3, -0.25) is 9.69 Å². The van der Waals surface area contributed by atoms with Crippen LogP contribution in [-0.4, -0.2) is 66.2 Å². The molecule has 1 aliphatic heterocycles. The van der Waals surface area contributed by atoms with Crippen LogP contribution in [-0.2, 0) is 4.74 Å². The van der Waals surface area contributed by atoms with Gasteiger partial charge in [0.15, 0.2) is 0 Å². The molecule has 0 amide bonds. The number of pyridine rings is 1. The smallest absolute Gasteiger partial charge is 0.261 e. The zero-order valence-corrected chi connectivity index (χ0v) is 19.7. The Hall–Kier alpha value is -3.27. The Labute approximate surface area is 201 Å². The van der Waals surface area contributed by atoms with Gasteiger partial charge in [-0.25, -0.2) is 4.68 Å². The fourth-order valence-corrected chi connectivity index (χ4v) is 4.52. The van der Waals surface area contributed by atoms with Crippen LogP contribution in [0.3, 0.4) is 0 Å². The molecule has 4 aromatic rings. The van der Waals surface area contributed by atoms with E-state index in [2.05, 4.69) is 20.3 Å². The molecule has 0 unspecified atom stereocenters. The number of rotatable bonds is 7. The van der Waals surface area contributed by atoms with E-state index in [9.17, 15) is 4.79 Å². The average Bonchev–Trinajstić information content (AvgIpc) is 3.20. The second-order valence-electron chi connectivity index (χ2n) is 8.29. The molecule has 10 heteroatoms. The van der Waals surface area contributed by atoms with E-state index in [0.717, 1.165) is 56.9 Å². The summed E-state index contributed by atoms with van der Waals surface area (Å²) in [6.07, 6.45) is 1.02. The van der Waals surface area contributed by atoms with E-state index in [1.165, 1.54) is 4.68 Å². The van der Waals surface area contributed by atoms with Crippen LogP contribution in [0.5, 0.6) is 5.75 Å². The zero-order valence-electron chi connectivity index (χ0n) is 18.9. The molecule has 1 fully saturated rings. The van der Waals surface area contributed by atoms with Gasteiger partial charge in [-0.2, -0.15) is 5.10 Å². The summed E-state index contributed by atoms with van der Waals surface area (Å²) >= 11 is 6.40. The minimum Gasteiger partial charge on any atom is -0.497 e. The third-order valence-corrected chi connectivity index (χ3v) is 6.46. The molecule has 0 aliphatic carbocycles. The van der Waals surface area contributed by atoms with E-state index in [-0.39, 0.29) is 11.4 Å². The molecule has 0 bridgehead atoms. The van der Waals surface area contributed by atoms with Gasteiger partial charge in [0.1, 0.15) is 22.5 Å². The van der Waals surface area contributed by atoms with Crippen molar-refractivity contribution in [3.63, 3.8) is 0 Å². The first-order valence-electron chi connectivity index (χ1n) is 11.3. The molecule has 0 atom stereocenters. The van der Waals surface area contributed by atoms with Gasteiger partial charge in [-0.1, -0.05) is 11.6 Å². The normalized spacial score (nSPS) is 14.6. The second-order valence-corrected chi connectivity index (χ2v) is 8.69. The van der Waals surface area contributed by atoms with Gasteiger partial charge in [-0.15, -0.1) is 0 Å². The van der Waals surface area contributed by atoms with Crippen LogP contribution in [0.4, 0.5) is 11.5 Å². The number of nitrogens with one attached hydrogen (secondary N) is 2. The Morgan fingerprint density at radius 3 is 2.85 bits per heavy atom. The van der Waals surface area contributed by atoms with Gasteiger partial charge in [0, 0.05) is 36.8 Å². The van der Waals surface area contributed by atoms with Crippen molar-refractivity contribution in [2.75, 3.05) is 57.6 Å². The molecular formula is C24H27ClN6O3. The number of ether oxygens (including phenoxy) is 2. The summed E-state index contributed by atoms with van der Waals surface area (Å²) in [5.41, 5.74) is 8.75. The number of aromatic amines is 1. The van der Waals surface area contributed by atoms with Crippen molar-refractivity contribution in [3.8, 4) is 11.4 Å². The lowest BCUT2D eigenvalue weighted by molar-refractivity contribution is 0.0378. The number of nitrogen functional groups attached to an aromatic ring is 1. The van der Waals surface area contributed by atoms with E-state index in [4.69, 9.17) is 26.8 Å². The molecule has 4 N–H and O–H groups in total. The summed E-state index contributed by atoms with van der Waals surface area (Å²) in [5, 5.41) is 9.69. The highest BCUT2D eigenvalue weighted by Gasteiger charge is 2.18. The predicted molar refractivity (Wildman–Crippen MR) is 136 cm³/mol. The first-order chi connectivity index (χ1) is 16.5. The number of hydrogen-bond acceptors (Lipinski definition) is 7. The summed E-state index contributed by atoms with van der Waals surface area (Å²) in [6.45, 7) is 5.47. The molecule has 5 rings (SSSR count). The SMILES string of the molecule is COc1ccc(Cl)c(-n2nc3c(c2N)c(=O)[nH]c2cc(NCCCN4CCOCC4)ccc23)c1. The van der Waals surface area contributed by atoms with Crippen LogP contribution in [0.25, 0.3) is 27.5 Å². The van der Waals surface area contributed by atoms with E-state index >= 15 is 0 Å². The molecular weight excluding hydrogens is 456 g/mol. The summed E-state index contributed by atoms with van der Waals surface area (Å²) in [5.74, 6) is 0.833. The largest absolute Gasteiger partial charge is 0.497 e. The third kappa shape index (κ3) is 4.29. The number of fused-ring (bicyclic) bond motifs is 3. The Bertz CT molecular complexity index is 1390. The molecule has 34 heavy (non-hydrogen) atoms. The quantitative estimate of drug-likeness (QED) is 0.347. The number of benzene rings is 2. The molecule has 1 aliphatic rings. The first-order valence-corrected chi connectivity index (χ1v) is 11.6. The minimum atomic E-state index is -0.297.